The fourth-order valence-electron chi connectivity index (χ4n) is 5.44. The number of nitrogens with one attached hydrogen (secondary N) is 1. The Kier molecular flexibility index (Phi) is 5.31. The first-order chi connectivity index (χ1) is 16.7. The van der Waals surface area contributed by atoms with Gasteiger partial charge in [0.2, 0.25) is 5.91 Å². The first-order valence-corrected chi connectivity index (χ1v) is 12.0. The lowest BCUT2D eigenvalue weighted by molar-refractivity contribution is -0.118. The van der Waals surface area contributed by atoms with E-state index < -0.39 is 0 Å². The molecule has 6 rings (SSSR count). The molecule has 3 aliphatic rings. The molecule has 1 amide bonds. The molecule has 34 heavy (non-hydrogen) atoms. The Morgan fingerprint density at radius 2 is 2.18 bits per heavy atom. The summed E-state index contributed by atoms with van der Waals surface area (Å²) in [4.78, 5) is 19.5. The molecule has 1 saturated heterocycles. The van der Waals surface area contributed by atoms with Gasteiger partial charge in [0.05, 0.1) is 30.0 Å². The predicted molar refractivity (Wildman–Crippen MR) is 129 cm³/mol. The van der Waals surface area contributed by atoms with Crippen LogP contribution >= 0.6 is 0 Å². The number of aromatic nitrogens is 2. The number of imidazole rings is 1. The molecule has 1 aliphatic carbocycles. The maximum Gasteiger partial charge on any atom is 0.244 e. The van der Waals surface area contributed by atoms with Gasteiger partial charge in [0.15, 0.2) is 0 Å². The lowest BCUT2D eigenvalue weighted by atomic mass is 9.87. The van der Waals surface area contributed by atoms with E-state index in [0.717, 1.165) is 53.8 Å². The molecule has 6 bridgehead atoms. The smallest absolute Gasteiger partial charge is 0.244 e. The number of hydrogen-bond acceptors (Lipinski definition) is 5. The molecular formula is C27H27N5O2. The second kappa shape index (κ2) is 8.62. The summed E-state index contributed by atoms with van der Waals surface area (Å²) in [5, 5.41) is 15.3. The van der Waals surface area contributed by atoms with Gasteiger partial charge in [-0.1, -0.05) is 29.8 Å². The van der Waals surface area contributed by atoms with E-state index in [4.69, 9.17) is 4.74 Å². The average Bonchev–Trinajstić information content (AvgIpc) is 3.44. The summed E-state index contributed by atoms with van der Waals surface area (Å²) in [6.07, 6.45) is 8.72. The molecule has 3 atom stereocenters. The zero-order valence-electron chi connectivity index (χ0n) is 19.0. The minimum Gasteiger partial charge on any atom is -0.489 e. The van der Waals surface area contributed by atoms with Gasteiger partial charge in [-0.3, -0.25) is 4.79 Å². The van der Waals surface area contributed by atoms with Crippen LogP contribution in [-0.4, -0.2) is 40.7 Å². The van der Waals surface area contributed by atoms with E-state index in [1.807, 2.05) is 47.8 Å². The fourth-order valence-corrected chi connectivity index (χ4v) is 5.44. The van der Waals surface area contributed by atoms with E-state index in [-0.39, 0.29) is 24.0 Å². The molecule has 1 N–H and O–H groups in total. The second-order valence-corrected chi connectivity index (χ2v) is 9.40. The van der Waals surface area contributed by atoms with Crippen LogP contribution in [0.5, 0.6) is 5.75 Å². The Bertz CT molecular complexity index is 1320. The molecule has 3 heterocycles. The molecule has 2 aromatic carbocycles. The van der Waals surface area contributed by atoms with E-state index in [1.165, 1.54) is 5.57 Å². The molecule has 2 aliphatic heterocycles. The Hall–Kier alpha value is -3.63. The fraction of sp³-hybridized carbons (Fsp3) is 0.370. The quantitative estimate of drug-likeness (QED) is 0.526. The van der Waals surface area contributed by atoms with E-state index in [1.54, 1.807) is 0 Å². The topological polar surface area (TPSA) is 83.2 Å². The van der Waals surface area contributed by atoms with Crippen LogP contribution in [0.2, 0.25) is 0 Å². The number of rotatable bonds is 0. The van der Waals surface area contributed by atoms with Crippen molar-refractivity contribution in [2.45, 2.75) is 44.4 Å². The molecule has 172 valence electrons. The van der Waals surface area contributed by atoms with E-state index in [9.17, 15) is 10.1 Å². The average molecular weight is 454 g/mol. The SMILES string of the molecule is N#C[C@H]1CC=C2CC1Oc1ccc3cccc(c3c1)N1CC[C@H](NCCc3cncn3C2)C1=O. The Morgan fingerprint density at radius 3 is 3.09 bits per heavy atom. The number of amides is 1. The third-order valence-corrected chi connectivity index (χ3v) is 7.30. The summed E-state index contributed by atoms with van der Waals surface area (Å²) in [5.74, 6) is 0.659. The van der Waals surface area contributed by atoms with Crippen molar-refractivity contribution in [2.24, 2.45) is 5.92 Å². The summed E-state index contributed by atoms with van der Waals surface area (Å²) in [6.45, 7) is 2.15. The highest BCUT2D eigenvalue weighted by Gasteiger charge is 2.33. The van der Waals surface area contributed by atoms with Gasteiger partial charge in [-0.05, 0) is 36.4 Å². The van der Waals surface area contributed by atoms with E-state index in [2.05, 4.69) is 33.1 Å². The standard InChI is InChI=1S/C27H27N5O2/c28-14-20-5-4-18-12-26(20)34-22-7-6-19-2-1-3-25(23(19)13-22)32-11-9-24(27(32)33)30-10-8-21-15-29-17-31(21)16-18/h1-4,6-7,13,15,17,20,24,26,30H,5,8-12,16H2/t20-,24+,26?/m1/s1. The van der Waals surface area contributed by atoms with Crippen LogP contribution in [0.4, 0.5) is 5.69 Å². The summed E-state index contributed by atoms with van der Waals surface area (Å²) < 4.78 is 8.61. The number of ether oxygens (including phenoxy) is 1. The van der Waals surface area contributed by atoms with Gasteiger partial charge in [0.1, 0.15) is 11.9 Å². The number of benzene rings is 2. The third-order valence-electron chi connectivity index (χ3n) is 7.30. The lowest BCUT2D eigenvalue weighted by Crippen LogP contribution is -2.39. The van der Waals surface area contributed by atoms with Gasteiger partial charge in [-0.25, -0.2) is 4.98 Å². The number of nitriles is 1. The van der Waals surface area contributed by atoms with Gasteiger partial charge >= 0.3 is 0 Å². The van der Waals surface area contributed by atoms with Crippen LogP contribution in [-0.2, 0) is 17.8 Å². The Labute approximate surface area is 198 Å². The molecule has 0 radical (unpaired) electrons. The highest BCUT2D eigenvalue weighted by Crippen LogP contribution is 2.35. The molecule has 1 aromatic heterocycles. The van der Waals surface area contributed by atoms with Crippen LogP contribution in [0.25, 0.3) is 10.8 Å². The first-order valence-electron chi connectivity index (χ1n) is 12.0. The molecule has 3 aromatic rings. The first kappa shape index (κ1) is 20.9. The zero-order chi connectivity index (χ0) is 23.1. The van der Waals surface area contributed by atoms with Gasteiger partial charge in [-0.15, -0.1) is 0 Å². The predicted octanol–water partition coefficient (Wildman–Crippen LogP) is 3.59. The summed E-state index contributed by atoms with van der Waals surface area (Å²) in [6, 6.07) is 14.4. The van der Waals surface area contributed by atoms with Crippen molar-refractivity contribution >= 4 is 22.4 Å². The lowest BCUT2D eigenvalue weighted by Gasteiger charge is -2.28. The third kappa shape index (κ3) is 3.74. The molecule has 7 nitrogen and oxygen atoms in total. The minimum atomic E-state index is -0.211. The largest absolute Gasteiger partial charge is 0.489 e. The molecule has 7 heteroatoms. The van der Waals surface area contributed by atoms with Gasteiger partial charge in [0, 0.05) is 49.8 Å². The maximum atomic E-state index is 13.3. The van der Waals surface area contributed by atoms with Gasteiger partial charge in [0.25, 0.3) is 0 Å². The molecule has 0 saturated carbocycles. The van der Waals surface area contributed by atoms with Gasteiger partial charge in [-0.2, -0.15) is 5.26 Å². The zero-order valence-corrected chi connectivity index (χ0v) is 19.0. The minimum absolute atomic E-state index is 0.113. The Balaban J connectivity index is 1.41. The van der Waals surface area contributed by atoms with Gasteiger partial charge < -0.3 is 19.5 Å². The summed E-state index contributed by atoms with van der Waals surface area (Å²) >= 11 is 0. The highest BCUT2D eigenvalue weighted by molar-refractivity contribution is 6.07. The van der Waals surface area contributed by atoms with E-state index in [0.29, 0.717) is 19.4 Å². The molecule has 0 spiro atoms. The van der Waals surface area contributed by atoms with Crippen LogP contribution in [0.15, 0.2) is 60.6 Å². The number of hydrogen-bond donors (Lipinski definition) is 1. The molecular weight excluding hydrogens is 426 g/mol. The van der Waals surface area contributed by atoms with Crippen molar-refractivity contribution in [3.05, 3.63) is 66.3 Å². The van der Waals surface area contributed by atoms with Crippen LogP contribution in [0.1, 0.15) is 25.0 Å². The van der Waals surface area contributed by atoms with Crippen molar-refractivity contribution in [3.63, 3.8) is 0 Å². The highest BCUT2D eigenvalue weighted by atomic mass is 16.5. The van der Waals surface area contributed by atoms with Crippen LogP contribution < -0.4 is 15.0 Å². The van der Waals surface area contributed by atoms with Crippen molar-refractivity contribution in [2.75, 3.05) is 18.0 Å². The molecule has 1 fully saturated rings. The number of allylic oxidation sites excluding steroid dienone is 1. The number of anilines is 1. The Morgan fingerprint density at radius 1 is 1.24 bits per heavy atom. The monoisotopic (exact) mass is 453 g/mol. The van der Waals surface area contributed by atoms with Crippen molar-refractivity contribution in [1.29, 1.82) is 5.26 Å². The second-order valence-electron chi connectivity index (χ2n) is 9.40. The summed E-state index contributed by atoms with van der Waals surface area (Å²) in [5.41, 5.74) is 3.31. The number of carbonyl (C=O) groups is 1. The number of fused-ring (bicyclic) bond motifs is 7. The number of carbonyl (C=O) groups excluding carboxylic acids is 1. The number of nitrogens with zero attached hydrogens (tertiary/aromatic N) is 4. The van der Waals surface area contributed by atoms with E-state index >= 15 is 0 Å². The maximum absolute atomic E-state index is 13.3. The normalized spacial score (nSPS) is 24.8. The van der Waals surface area contributed by atoms with Crippen LogP contribution in [0, 0.1) is 17.2 Å². The van der Waals surface area contributed by atoms with Crippen molar-refractivity contribution < 1.29 is 9.53 Å². The van der Waals surface area contributed by atoms with Crippen LogP contribution in [0.3, 0.4) is 0 Å². The van der Waals surface area contributed by atoms with Crippen molar-refractivity contribution in [3.8, 4) is 11.8 Å². The van der Waals surface area contributed by atoms with Crippen molar-refractivity contribution in [1.82, 2.24) is 14.9 Å². The molecule has 1 unspecified atom stereocenters. The summed E-state index contributed by atoms with van der Waals surface area (Å²) in [7, 11) is 0.